The van der Waals surface area contributed by atoms with Gasteiger partial charge in [-0.15, -0.1) is 0 Å². The standard InChI is InChI=1S/C23H22ClN3O2/c1-27(16-23(29)26-21-14-8-6-12-19(21)24)15-22(28)25-20-13-7-5-11-18(20)17-9-3-2-4-10-17/h2-14H,15-16H2,1H3,(H,25,28)(H,26,29)/p+1. The number of hydrogen-bond donors (Lipinski definition) is 3. The van der Waals surface area contributed by atoms with Crippen LogP contribution in [-0.2, 0) is 9.59 Å². The summed E-state index contributed by atoms with van der Waals surface area (Å²) < 4.78 is 0. The molecule has 0 radical (unpaired) electrons. The summed E-state index contributed by atoms with van der Waals surface area (Å²) in [6.07, 6.45) is 0. The molecule has 0 bridgehead atoms. The summed E-state index contributed by atoms with van der Waals surface area (Å²) in [6, 6.07) is 24.6. The number of nitrogens with one attached hydrogen (secondary N) is 3. The Bertz CT molecular complexity index is 992. The average Bonchev–Trinajstić information content (AvgIpc) is 2.70. The number of likely N-dealkylation sites (N-methyl/N-ethyl adjacent to an activating group) is 1. The van der Waals surface area contributed by atoms with E-state index in [1.54, 1.807) is 31.3 Å². The van der Waals surface area contributed by atoms with Crippen molar-refractivity contribution in [2.45, 2.75) is 0 Å². The van der Waals surface area contributed by atoms with Crippen molar-refractivity contribution < 1.29 is 14.5 Å². The predicted octanol–water partition coefficient (Wildman–Crippen LogP) is 3.10. The molecule has 0 saturated heterocycles. The number of halogens is 1. The van der Waals surface area contributed by atoms with Crippen molar-refractivity contribution in [3.8, 4) is 11.1 Å². The van der Waals surface area contributed by atoms with Gasteiger partial charge in [0.25, 0.3) is 11.8 Å². The fourth-order valence-electron chi connectivity index (χ4n) is 3.02. The molecule has 0 fully saturated rings. The molecule has 2 amide bonds. The van der Waals surface area contributed by atoms with Crippen LogP contribution in [0.25, 0.3) is 11.1 Å². The first-order valence-corrected chi connectivity index (χ1v) is 9.70. The zero-order valence-corrected chi connectivity index (χ0v) is 16.9. The lowest BCUT2D eigenvalue weighted by atomic mass is 10.0. The average molecular weight is 409 g/mol. The van der Waals surface area contributed by atoms with Gasteiger partial charge >= 0.3 is 0 Å². The first kappa shape index (κ1) is 20.6. The van der Waals surface area contributed by atoms with Crippen LogP contribution in [-0.4, -0.2) is 32.0 Å². The molecule has 1 atom stereocenters. The van der Waals surface area contributed by atoms with E-state index in [9.17, 15) is 9.59 Å². The summed E-state index contributed by atoms with van der Waals surface area (Å²) in [6.45, 7) is 0.318. The van der Waals surface area contributed by atoms with E-state index < -0.39 is 0 Å². The fraction of sp³-hybridized carbons (Fsp3) is 0.130. The van der Waals surface area contributed by atoms with Crippen LogP contribution < -0.4 is 15.5 Å². The molecule has 5 nitrogen and oxygen atoms in total. The smallest absolute Gasteiger partial charge is 0.279 e. The van der Waals surface area contributed by atoms with Crippen molar-refractivity contribution in [1.29, 1.82) is 0 Å². The lowest BCUT2D eigenvalue weighted by molar-refractivity contribution is -0.862. The monoisotopic (exact) mass is 408 g/mol. The van der Waals surface area contributed by atoms with Crippen molar-refractivity contribution in [3.63, 3.8) is 0 Å². The van der Waals surface area contributed by atoms with E-state index >= 15 is 0 Å². The first-order valence-electron chi connectivity index (χ1n) is 9.33. The van der Waals surface area contributed by atoms with Gasteiger partial charge in [-0.1, -0.05) is 72.3 Å². The van der Waals surface area contributed by atoms with Crippen LogP contribution in [0.5, 0.6) is 0 Å². The highest BCUT2D eigenvalue weighted by atomic mass is 35.5. The van der Waals surface area contributed by atoms with E-state index in [2.05, 4.69) is 10.6 Å². The number of quaternary nitrogens is 1. The second-order valence-electron chi connectivity index (χ2n) is 6.80. The van der Waals surface area contributed by atoms with Gasteiger partial charge in [-0.3, -0.25) is 9.59 Å². The fourth-order valence-corrected chi connectivity index (χ4v) is 3.21. The normalized spacial score (nSPS) is 11.5. The van der Waals surface area contributed by atoms with Crippen molar-refractivity contribution >= 4 is 34.8 Å². The molecule has 1 unspecified atom stereocenters. The lowest BCUT2D eigenvalue weighted by Crippen LogP contribution is -3.11. The van der Waals surface area contributed by atoms with Crippen molar-refractivity contribution in [2.75, 3.05) is 30.8 Å². The Labute approximate surface area is 175 Å². The second-order valence-corrected chi connectivity index (χ2v) is 7.21. The Morgan fingerprint density at radius 3 is 1.93 bits per heavy atom. The van der Waals surface area contributed by atoms with Crippen LogP contribution in [0.1, 0.15) is 0 Å². The van der Waals surface area contributed by atoms with Gasteiger partial charge in [-0.25, -0.2) is 0 Å². The molecule has 0 spiro atoms. The maximum atomic E-state index is 12.5. The van der Waals surface area contributed by atoms with E-state index in [0.29, 0.717) is 10.7 Å². The molecule has 0 aromatic heterocycles. The van der Waals surface area contributed by atoms with Crippen molar-refractivity contribution in [3.05, 3.63) is 83.9 Å². The molecule has 29 heavy (non-hydrogen) atoms. The van der Waals surface area contributed by atoms with E-state index in [0.717, 1.165) is 21.7 Å². The van der Waals surface area contributed by atoms with Gasteiger partial charge < -0.3 is 15.5 Å². The molecule has 6 heteroatoms. The highest BCUT2D eigenvalue weighted by Crippen LogP contribution is 2.27. The Hall–Kier alpha value is -3.15. The Balaban J connectivity index is 1.57. The predicted molar refractivity (Wildman–Crippen MR) is 117 cm³/mol. The molecule has 0 saturated carbocycles. The third-order valence-electron chi connectivity index (χ3n) is 4.36. The molecule has 3 aromatic carbocycles. The quantitative estimate of drug-likeness (QED) is 0.562. The Morgan fingerprint density at radius 2 is 1.28 bits per heavy atom. The summed E-state index contributed by atoms with van der Waals surface area (Å²) in [7, 11) is 1.80. The van der Waals surface area contributed by atoms with Crippen LogP contribution in [0.4, 0.5) is 11.4 Å². The minimum absolute atomic E-state index is 0.152. The van der Waals surface area contributed by atoms with Gasteiger partial charge in [0, 0.05) is 11.3 Å². The number of rotatable bonds is 7. The molecule has 3 rings (SSSR count). The van der Waals surface area contributed by atoms with E-state index in [1.807, 2.05) is 54.6 Å². The zero-order chi connectivity index (χ0) is 20.6. The number of anilines is 2. The number of benzene rings is 3. The number of carbonyl (C=O) groups excluding carboxylic acids is 2. The number of para-hydroxylation sites is 2. The Kier molecular flexibility index (Phi) is 7.00. The van der Waals surface area contributed by atoms with E-state index in [4.69, 9.17) is 11.6 Å². The van der Waals surface area contributed by atoms with Crippen molar-refractivity contribution in [2.24, 2.45) is 0 Å². The maximum Gasteiger partial charge on any atom is 0.279 e. The van der Waals surface area contributed by atoms with E-state index in [-0.39, 0.29) is 24.9 Å². The van der Waals surface area contributed by atoms with Gasteiger partial charge in [-0.2, -0.15) is 0 Å². The van der Waals surface area contributed by atoms with Gasteiger partial charge in [0.15, 0.2) is 13.1 Å². The van der Waals surface area contributed by atoms with Gasteiger partial charge in [0.2, 0.25) is 0 Å². The highest BCUT2D eigenvalue weighted by molar-refractivity contribution is 6.33. The third-order valence-corrected chi connectivity index (χ3v) is 4.69. The first-order chi connectivity index (χ1) is 14.0. The molecule has 0 aliphatic carbocycles. The van der Waals surface area contributed by atoms with E-state index in [1.165, 1.54) is 0 Å². The van der Waals surface area contributed by atoms with Crippen LogP contribution in [0.15, 0.2) is 78.9 Å². The van der Waals surface area contributed by atoms with Gasteiger partial charge in [-0.05, 0) is 23.8 Å². The molecule has 148 valence electrons. The maximum absolute atomic E-state index is 12.5. The summed E-state index contributed by atoms with van der Waals surface area (Å²) in [4.78, 5) is 25.5. The lowest BCUT2D eigenvalue weighted by Gasteiger charge is -2.15. The van der Waals surface area contributed by atoms with Crippen LogP contribution in [0, 0.1) is 0 Å². The van der Waals surface area contributed by atoms with Crippen LogP contribution >= 0.6 is 11.6 Å². The molecular formula is C23H23ClN3O2+. The van der Waals surface area contributed by atoms with Gasteiger partial charge in [0.05, 0.1) is 17.8 Å². The SMILES string of the molecule is C[NH+](CC(=O)Nc1ccccc1Cl)CC(=O)Nc1ccccc1-c1ccccc1. The summed E-state index contributed by atoms with van der Waals surface area (Å²) >= 11 is 6.06. The molecular weight excluding hydrogens is 386 g/mol. The Morgan fingerprint density at radius 1 is 0.759 bits per heavy atom. The molecule has 0 aliphatic rings. The third kappa shape index (κ3) is 5.91. The minimum Gasteiger partial charge on any atom is -0.322 e. The van der Waals surface area contributed by atoms with Crippen LogP contribution in [0.2, 0.25) is 5.02 Å². The largest absolute Gasteiger partial charge is 0.322 e. The minimum atomic E-state index is -0.201. The summed E-state index contributed by atoms with van der Waals surface area (Å²) in [5.41, 5.74) is 3.30. The number of hydrogen-bond acceptors (Lipinski definition) is 2. The zero-order valence-electron chi connectivity index (χ0n) is 16.1. The number of amides is 2. The number of carbonyl (C=O) groups is 2. The molecule has 3 aromatic rings. The molecule has 3 N–H and O–H groups in total. The second kappa shape index (κ2) is 9.87. The summed E-state index contributed by atoms with van der Waals surface area (Å²) in [5.74, 6) is -0.357. The summed E-state index contributed by atoms with van der Waals surface area (Å²) in [5, 5.41) is 6.21. The molecule has 0 aliphatic heterocycles. The van der Waals surface area contributed by atoms with Crippen LogP contribution in [0.3, 0.4) is 0 Å². The molecule has 0 heterocycles. The van der Waals surface area contributed by atoms with Crippen molar-refractivity contribution in [1.82, 2.24) is 0 Å². The highest BCUT2D eigenvalue weighted by Gasteiger charge is 2.16. The topological polar surface area (TPSA) is 62.6 Å². The van der Waals surface area contributed by atoms with Gasteiger partial charge in [0.1, 0.15) is 0 Å².